The van der Waals surface area contributed by atoms with E-state index in [2.05, 4.69) is 20.6 Å². The van der Waals surface area contributed by atoms with Crippen molar-refractivity contribution in [2.24, 2.45) is 0 Å². The van der Waals surface area contributed by atoms with Crippen LogP contribution in [0.25, 0.3) is 20.4 Å². The van der Waals surface area contributed by atoms with Crippen molar-refractivity contribution in [3.63, 3.8) is 0 Å². The summed E-state index contributed by atoms with van der Waals surface area (Å²) in [5, 5.41) is 8.45. The molecule has 0 atom stereocenters. The average Bonchev–Trinajstić information content (AvgIpc) is 3.13. The Bertz CT molecular complexity index is 924. The lowest BCUT2D eigenvalue weighted by molar-refractivity contribution is 1.07. The lowest BCUT2D eigenvalue weighted by Gasteiger charge is -2.03. The van der Waals surface area contributed by atoms with Gasteiger partial charge in [0.15, 0.2) is 10.3 Å². The third-order valence-corrected chi connectivity index (χ3v) is 5.45. The number of hydrogen-bond donors (Lipinski definition) is 4. The highest BCUT2D eigenvalue weighted by molar-refractivity contribution is 7.22. The molecule has 4 rings (SSSR count). The van der Waals surface area contributed by atoms with Crippen LogP contribution in [0.2, 0.25) is 0 Å². The average molecular weight is 356 g/mol. The van der Waals surface area contributed by atoms with E-state index in [9.17, 15) is 0 Å². The monoisotopic (exact) mass is 356 g/mol. The number of fused-ring (bicyclic) bond motifs is 2. The van der Waals surface area contributed by atoms with Gasteiger partial charge in [-0.05, 0) is 36.4 Å². The molecule has 0 aliphatic rings. The smallest absolute Gasteiger partial charge is 0.183 e. The van der Waals surface area contributed by atoms with E-state index in [1.165, 1.54) is 0 Å². The molecule has 122 valence electrons. The first-order valence-corrected chi connectivity index (χ1v) is 9.10. The number of nitrogen functional groups attached to an aromatic ring is 2. The number of thiazole rings is 2. The summed E-state index contributed by atoms with van der Waals surface area (Å²) in [6.07, 6.45) is 0. The van der Waals surface area contributed by atoms with Crippen LogP contribution >= 0.6 is 22.7 Å². The van der Waals surface area contributed by atoms with Crippen LogP contribution in [-0.2, 0) is 0 Å². The van der Waals surface area contributed by atoms with Crippen LogP contribution in [0.15, 0.2) is 36.4 Å². The van der Waals surface area contributed by atoms with Gasteiger partial charge in [0, 0.05) is 24.5 Å². The number of rotatable bonds is 5. The SMILES string of the molecule is Nc1ccc2nc(NCCNc3nc4ccc(N)cc4s3)sc2c1. The maximum Gasteiger partial charge on any atom is 0.183 e. The summed E-state index contributed by atoms with van der Waals surface area (Å²) in [7, 11) is 0. The van der Waals surface area contributed by atoms with Crippen LogP contribution in [-0.4, -0.2) is 23.1 Å². The van der Waals surface area contributed by atoms with E-state index in [1.807, 2.05) is 36.4 Å². The molecule has 0 saturated heterocycles. The quantitative estimate of drug-likeness (QED) is 0.322. The van der Waals surface area contributed by atoms with Crippen LogP contribution in [0.5, 0.6) is 0 Å². The molecule has 6 N–H and O–H groups in total. The molecule has 0 unspecified atom stereocenters. The summed E-state index contributed by atoms with van der Waals surface area (Å²) in [6, 6.07) is 11.5. The normalized spacial score (nSPS) is 11.2. The minimum Gasteiger partial charge on any atom is -0.399 e. The highest BCUT2D eigenvalue weighted by Crippen LogP contribution is 2.28. The second kappa shape index (κ2) is 6.14. The molecule has 0 saturated carbocycles. The summed E-state index contributed by atoms with van der Waals surface area (Å²) >= 11 is 3.21. The number of nitrogens with zero attached hydrogens (tertiary/aromatic N) is 2. The zero-order valence-corrected chi connectivity index (χ0v) is 14.4. The van der Waals surface area contributed by atoms with Gasteiger partial charge in [0.05, 0.1) is 20.4 Å². The van der Waals surface area contributed by atoms with Crippen LogP contribution in [0, 0.1) is 0 Å². The predicted molar refractivity (Wildman–Crippen MR) is 105 cm³/mol. The van der Waals surface area contributed by atoms with Crippen molar-refractivity contribution in [3.05, 3.63) is 36.4 Å². The molecule has 2 aromatic heterocycles. The number of nitrogens with one attached hydrogen (secondary N) is 2. The van der Waals surface area contributed by atoms with Crippen LogP contribution < -0.4 is 22.1 Å². The third kappa shape index (κ3) is 3.06. The Morgan fingerprint density at radius 3 is 1.67 bits per heavy atom. The lowest BCUT2D eigenvalue weighted by Crippen LogP contribution is -2.13. The molecule has 0 fully saturated rings. The van der Waals surface area contributed by atoms with Gasteiger partial charge < -0.3 is 22.1 Å². The topological polar surface area (TPSA) is 102 Å². The summed E-state index contributed by atoms with van der Waals surface area (Å²) in [5.41, 5.74) is 15.0. The second-order valence-electron chi connectivity index (χ2n) is 5.35. The number of benzene rings is 2. The molecule has 2 aromatic carbocycles. The Hall–Kier alpha value is -2.58. The largest absolute Gasteiger partial charge is 0.399 e. The maximum atomic E-state index is 5.80. The molecule has 2 heterocycles. The number of hydrogen-bond acceptors (Lipinski definition) is 8. The van der Waals surface area contributed by atoms with Crippen LogP contribution in [0.1, 0.15) is 0 Å². The molecule has 8 heteroatoms. The van der Waals surface area contributed by atoms with Gasteiger partial charge in [-0.3, -0.25) is 0 Å². The fourth-order valence-electron chi connectivity index (χ4n) is 2.37. The minimum atomic E-state index is 0.757. The first-order chi connectivity index (χ1) is 11.7. The van der Waals surface area contributed by atoms with E-state index >= 15 is 0 Å². The zero-order chi connectivity index (χ0) is 16.5. The van der Waals surface area contributed by atoms with E-state index in [4.69, 9.17) is 11.5 Å². The molecule has 0 bridgehead atoms. The van der Waals surface area contributed by atoms with Crippen molar-refractivity contribution in [1.82, 2.24) is 9.97 Å². The van der Waals surface area contributed by atoms with Crippen LogP contribution in [0.4, 0.5) is 21.6 Å². The maximum absolute atomic E-state index is 5.80. The van der Waals surface area contributed by atoms with E-state index in [0.29, 0.717) is 0 Å². The van der Waals surface area contributed by atoms with Gasteiger partial charge in [0.25, 0.3) is 0 Å². The van der Waals surface area contributed by atoms with Gasteiger partial charge in [-0.25, -0.2) is 9.97 Å². The van der Waals surface area contributed by atoms with Gasteiger partial charge in [-0.1, -0.05) is 22.7 Å². The van der Waals surface area contributed by atoms with Crippen molar-refractivity contribution >= 4 is 64.7 Å². The van der Waals surface area contributed by atoms with E-state index in [-0.39, 0.29) is 0 Å². The second-order valence-corrected chi connectivity index (χ2v) is 7.41. The number of nitrogens with two attached hydrogens (primary N) is 2. The number of aromatic nitrogens is 2. The molecule has 0 aliphatic heterocycles. The first kappa shape index (κ1) is 15.0. The molecule has 4 aromatic rings. The highest BCUT2D eigenvalue weighted by Gasteiger charge is 2.05. The van der Waals surface area contributed by atoms with Gasteiger partial charge in [-0.2, -0.15) is 0 Å². The van der Waals surface area contributed by atoms with Gasteiger partial charge >= 0.3 is 0 Å². The van der Waals surface area contributed by atoms with E-state index in [1.54, 1.807) is 22.7 Å². The molecular formula is C16H16N6S2. The molecule has 0 aliphatic carbocycles. The first-order valence-electron chi connectivity index (χ1n) is 7.47. The fourth-order valence-corrected chi connectivity index (χ4v) is 4.25. The Morgan fingerprint density at radius 1 is 0.750 bits per heavy atom. The van der Waals surface area contributed by atoms with E-state index in [0.717, 1.165) is 55.2 Å². The Morgan fingerprint density at radius 2 is 1.21 bits per heavy atom. The van der Waals surface area contributed by atoms with Gasteiger partial charge in [0.2, 0.25) is 0 Å². The lowest BCUT2D eigenvalue weighted by atomic mass is 10.3. The van der Waals surface area contributed by atoms with Crippen molar-refractivity contribution in [2.45, 2.75) is 0 Å². The zero-order valence-electron chi connectivity index (χ0n) is 12.7. The molecule has 24 heavy (non-hydrogen) atoms. The van der Waals surface area contributed by atoms with E-state index < -0.39 is 0 Å². The van der Waals surface area contributed by atoms with Crippen molar-refractivity contribution in [2.75, 3.05) is 35.2 Å². The molecule has 0 radical (unpaired) electrons. The Kier molecular flexibility index (Phi) is 3.83. The van der Waals surface area contributed by atoms with Gasteiger partial charge in [-0.15, -0.1) is 0 Å². The van der Waals surface area contributed by atoms with Crippen molar-refractivity contribution in [1.29, 1.82) is 0 Å². The third-order valence-electron chi connectivity index (χ3n) is 3.50. The predicted octanol–water partition coefficient (Wildman–Crippen LogP) is 3.59. The Labute approximate surface area is 146 Å². The van der Waals surface area contributed by atoms with Crippen molar-refractivity contribution in [3.8, 4) is 0 Å². The molecular weight excluding hydrogens is 340 g/mol. The summed E-state index contributed by atoms with van der Waals surface area (Å²) in [6.45, 7) is 1.51. The van der Waals surface area contributed by atoms with Gasteiger partial charge in [0.1, 0.15) is 0 Å². The molecule has 6 nitrogen and oxygen atoms in total. The summed E-state index contributed by atoms with van der Waals surface area (Å²) < 4.78 is 2.18. The minimum absolute atomic E-state index is 0.757. The number of anilines is 4. The van der Waals surface area contributed by atoms with Crippen molar-refractivity contribution < 1.29 is 0 Å². The molecule has 0 spiro atoms. The standard InChI is InChI=1S/C16H16N6S2/c17-9-1-3-11-13(7-9)23-15(21-11)19-5-6-20-16-22-12-4-2-10(18)8-14(12)24-16/h1-4,7-8H,5-6,17-18H2,(H,19,21)(H,20,22). The fraction of sp³-hybridized carbons (Fsp3) is 0.125. The summed E-state index contributed by atoms with van der Waals surface area (Å²) in [5.74, 6) is 0. The Balaban J connectivity index is 1.36. The highest BCUT2D eigenvalue weighted by atomic mass is 32.1. The molecule has 0 amide bonds. The van der Waals surface area contributed by atoms with Crippen LogP contribution in [0.3, 0.4) is 0 Å². The summed E-state index contributed by atoms with van der Waals surface area (Å²) in [4.78, 5) is 9.08.